The fourth-order valence-electron chi connectivity index (χ4n) is 4.11. The summed E-state index contributed by atoms with van der Waals surface area (Å²) in [7, 11) is 8.77. The normalized spacial score (nSPS) is 16.1. The van der Waals surface area contributed by atoms with E-state index in [0.717, 1.165) is 35.5 Å². The quantitative estimate of drug-likeness (QED) is 0.691. The summed E-state index contributed by atoms with van der Waals surface area (Å²) in [6.45, 7) is 5.21. The van der Waals surface area contributed by atoms with E-state index in [-0.39, 0.29) is 0 Å². The molecule has 2 aromatic rings. The number of ether oxygens (including phenoxy) is 4. The molecule has 0 radical (unpaired) electrons. The first-order chi connectivity index (χ1) is 14.8. The van der Waals surface area contributed by atoms with Gasteiger partial charge in [-0.1, -0.05) is 6.07 Å². The van der Waals surface area contributed by atoms with Crippen molar-refractivity contribution in [3.63, 3.8) is 0 Å². The summed E-state index contributed by atoms with van der Waals surface area (Å²) in [5.74, 6) is 2.75. The maximum atomic E-state index is 11.0. The monoisotopic (exact) mass is 430 g/mol. The van der Waals surface area contributed by atoms with E-state index in [1.54, 1.807) is 21.3 Å². The van der Waals surface area contributed by atoms with Crippen LogP contribution < -0.4 is 18.9 Å². The Morgan fingerprint density at radius 2 is 1.74 bits per heavy atom. The third kappa shape index (κ3) is 5.42. The van der Waals surface area contributed by atoms with Crippen molar-refractivity contribution in [1.82, 2.24) is 9.80 Å². The molecule has 31 heavy (non-hydrogen) atoms. The molecule has 0 amide bonds. The van der Waals surface area contributed by atoms with Gasteiger partial charge in [0.2, 0.25) is 5.75 Å². The zero-order chi connectivity index (χ0) is 22.6. The van der Waals surface area contributed by atoms with E-state index < -0.39 is 5.60 Å². The molecule has 0 fully saturated rings. The summed E-state index contributed by atoms with van der Waals surface area (Å²) in [5.41, 5.74) is 2.08. The lowest BCUT2D eigenvalue weighted by Gasteiger charge is -2.28. The van der Waals surface area contributed by atoms with Gasteiger partial charge in [-0.3, -0.25) is 4.90 Å². The van der Waals surface area contributed by atoms with Crippen LogP contribution in [0.2, 0.25) is 0 Å². The van der Waals surface area contributed by atoms with Crippen molar-refractivity contribution in [2.75, 3.05) is 55.1 Å². The third-order valence-corrected chi connectivity index (χ3v) is 5.50. The molecule has 0 bridgehead atoms. The van der Waals surface area contributed by atoms with Gasteiger partial charge in [0.25, 0.3) is 0 Å². The lowest BCUT2D eigenvalue weighted by molar-refractivity contribution is 0.0299. The van der Waals surface area contributed by atoms with Crippen LogP contribution in [-0.4, -0.2) is 70.0 Å². The van der Waals surface area contributed by atoms with Crippen LogP contribution in [0.15, 0.2) is 30.3 Å². The first-order valence-corrected chi connectivity index (χ1v) is 10.4. The van der Waals surface area contributed by atoms with Crippen LogP contribution in [0.4, 0.5) is 0 Å². The third-order valence-electron chi connectivity index (χ3n) is 5.50. The fourth-order valence-corrected chi connectivity index (χ4v) is 4.11. The van der Waals surface area contributed by atoms with Crippen molar-refractivity contribution < 1.29 is 24.1 Å². The molecule has 1 N–H and O–H groups in total. The van der Waals surface area contributed by atoms with Gasteiger partial charge in [0.1, 0.15) is 12.4 Å². The Morgan fingerprint density at radius 3 is 2.32 bits per heavy atom. The minimum absolute atomic E-state index is 0.543. The van der Waals surface area contributed by atoms with Crippen molar-refractivity contribution in [3.05, 3.63) is 47.0 Å². The van der Waals surface area contributed by atoms with E-state index >= 15 is 0 Å². The molecule has 3 rings (SSSR count). The van der Waals surface area contributed by atoms with Crippen LogP contribution >= 0.6 is 0 Å². The Bertz CT molecular complexity index is 873. The van der Waals surface area contributed by atoms with Gasteiger partial charge in [-0.25, -0.2) is 0 Å². The number of fused-ring (bicyclic) bond motifs is 1. The summed E-state index contributed by atoms with van der Waals surface area (Å²) in [4.78, 5) is 4.30. The smallest absolute Gasteiger partial charge is 0.203 e. The van der Waals surface area contributed by atoms with Crippen LogP contribution in [0.25, 0.3) is 0 Å². The second kappa shape index (κ2) is 9.77. The lowest BCUT2D eigenvalue weighted by Crippen LogP contribution is -2.34. The van der Waals surface area contributed by atoms with Gasteiger partial charge < -0.3 is 29.0 Å². The predicted molar refractivity (Wildman–Crippen MR) is 120 cm³/mol. The van der Waals surface area contributed by atoms with Crippen molar-refractivity contribution >= 4 is 0 Å². The van der Waals surface area contributed by atoms with E-state index in [0.29, 0.717) is 36.9 Å². The molecule has 7 heteroatoms. The number of rotatable bonds is 8. The van der Waals surface area contributed by atoms with E-state index in [4.69, 9.17) is 18.9 Å². The van der Waals surface area contributed by atoms with Crippen LogP contribution in [0.3, 0.4) is 0 Å². The molecule has 0 aromatic heterocycles. The molecule has 1 atom stereocenters. The van der Waals surface area contributed by atoms with Gasteiger partial charge in [0.05, 0.1) is 26.9 Å². The number of methoxy groups -OCH3 is 3. The average molecular weight is 431 g/mol. The molecule has 7 nitrogen and oxygen atoms in total. The molecule has 0 spiro atoms. The molecule has 0 saturated carbocycles. The maximum absolute atomic E-state index is 11.0. The van der Waals surface area contributed by atoms with Gasteiger partial charge >= 0.3 is 0 Å². The summed E-state index contributed by atoms with van der Waals surface area (Å²) in [5, 5.41) is 11.0. The Balaban J connectivity index is 1.85. The fraction of sp³-hybridized carbons (Fsp3) is 0.500. The maximum Gasteiger partial charge on any atom is 0.203 e. The van der Waals surface area contributed by atoms with Crippen molar-refractivity contribution in [2.24, 2.45) is 0 Å². The van der Waals surface area contributed by atoms with Gasteiger partial charge in [-0.15, -0.1) is 0 Å². The molecule has 0 unspecified atom stereocenters. The molecule has 0 saturated heterocycles. The van der Waals surface area contributed by atoms with E-state index in [1.165, 1.54) is 0 Å². The minimum Gasteiger partial charge on any atom is -0.493 e. The molecular weight excluding hydrogens is 396 g/mol. The van der Waals surface area contributed by atoms with Crippen LogP contribution in [-0.2, 0) is 18.7 Å². The number of hydrogen-bond acceptors (Lipinski definition) is 7. The summed E-state index contributed by atoms with van der Waals surface area (Å²) in [6, 6.07) is 9.94. The van der Waals surface area contributed by atoms with Gasteiger partial charge in [0.15, 0.2) is 11.5 Å². The van der Waals surface area contributed by atoms with Gasteiger partial charge in [0, 0.05) is 31.7 Å². The highest BCUT2D eigenvalue weighted by Crippen LogP contribution is 2.39. The average Bonchev–Trinajstić information content (AvgIpc) is 2.93. The Morgan fingerprint density at radius 1 is 1.06 bits per heavy atom. The van der Waals surface area contributed by atoms with Crippen LogP contribution in [0, 0.1) is 0 Å². The number of nitrogens with zero attached hydrogens (tertiary/aromatic N) is 2. The van der Waals surface area contributed by atoms with E-state index in [2.05, 4.69) is 11.0 Å². The summed E-state index contributed by atoms with van der Waals surface area (Å²) < 4.78 is 22.4. The molecular formula is C24H34N2O5. The largest absolute Gasteiger partial charge is 0.493 e. The van der Waals surface area contributed by atoms with Crippen LogP contribution in [0.1, 0.15) is 23.6 Å². The van der Waals surface area contributed by atoms with E-state index in [1.807, 2.05) is 50.2 Å². The molecule has 1 aliphatic heterocycles. The summed E-state index contributed by atoms with van der Waals surface area (Å²) >= 11 is 0. The highest BCUT2D eigenvalue weighted by Gasteiger charge is 2.26. The predicted octanol–water partition coefficient (Wildman–Crippen LogP) is 2.88. The first kappa shape index (κ1) is 23.2. The highest BCUT2D eigenvalue weighted by atomic mass is 16.5. The van der Waals surface area contributed by atoms with Crippen molar-refractivity contribution in [1.29, 1.82) is 0 Å². The standard InChI is InChI=1S/C24H34N2O5/c1-24(27,16-25(2)3)19-7-8-20-18(13-19)15-26(9-10-31-20)14-17-11-21(28-4)23(30-6)22(12-17)29-5/h7-8,11-13,27H,9-10,14-16H2,1-6H3/t24-/m1/s1. The zero-order valence-corrected chi connectivity index (χ0v) is 19.4. The SMILES string of the molecule is COc1cc(CN2CCOc3ccc([C@](C)(O)CN(C)C)cc3C2)cc(OC)c1OC. The Labute approximate surface area is 185 Å². The summed E-state index contributed by atoms with van der Waals surface area (Å²) in [6.07, 6.45) is 0. The second-order valence-corrected chi connectivity index (χ2v) is 8.43. The van der Waals surface area contributed by atoms with Crippen LogP contribution in [0.5, 0.6) is 23.0 Å². The molecule has 170 valence electrons. The van der Waals surface area contributed by atoms with Gasteiger partial charge in [-0.2, -0.15) is 0 Å². The number of hydrogen-bond donors (Lipinski definition) is 1. The Kier molecular flexibility index (Phi) is 7.30. The molecule has 1 aliphatic rings. The first-order valence-electron chi connectivity index (χ1n) is 10.4. The number of benzene rings is 2. The second-order valence-electron chi connectivity index (χ2n) is 8.43. The minimum atomic E-state index is -0.938. The molecule has 0 aliphatic carbocycles. The molecule has 1 heterocycles. The number of likely N-dealkylation sites (N-methyl/N-ethyl adjacent to an activating group) is 1. The number of aliphatic hydroxyl groups is 1. The lowest BCUT2D eigenvalue weighted by atomic mass is 9.93. The highest BCUT2D eigenvalue weighted by molar-refractivity contribution is 5.53. The van der Waals surface area contributed by atoms with Gasteiger partial charge in [-0.05, 0) is 56.4 Å². The topological polar surface area (TPSA) is 63.6 Å². The Hall–Kier alpha value is -2.48. The van der Waals surface area contributed by atoms with Crippen molar-refractivity contribution in [3.8, 4) is 23.0 Å². The van der Waals surface area contributed by atoms with E-state index in [9.17, 15) is 5.11 Å². The zero-order valence-electron chi connectivity index (χ0n) is 19.4. The van der Waals surface area contributed by atoms with Crippen molar-refractivity contribution in [2.45, 2.75) is 25.6 Å². The molecule has 2 aromatic carbocycles.